The van der Waals surface area contributed by atoms with Gasteiger partial charge in [-0.05, 0) is 38.1 Å². The number of aromatic nitrogens is 5. The van der Waals surface area contributed by atoms with Crippen LogP contribution in [0.15, 0.2) is 42.7 Å². The number of phenolic OH excluding ortho intramolecular Hbond substituents is 1. The Morgan fingerprint density at radius 2 is 2.07 bits per heavy atom. The maximum absolute atomic E-state index is 14.8. The molecule has 3 fully saturated rings. The second-order valence-electron chi connectivity index (χ2n) is 7.68. The van der Waals surface area contributed by atoms with Crippen molar-refractivity contribution in [3.05, 3.63) is 42.7 Å². The molecule has 9 heteroatoms. The topological polar surface area (TPSA) is 89.2 Å². The minimum Gasteiger partial charge on any atom is -0.507 e. The number of benzene rings is 1. The van der Waals surface area contributed by atoms with Gasteiger partial charge in [-0.25, -0.2) is 9.07 Å². The van der Waals surface area contributed by atoms with Gasteiger partial charge in [0.15, 0.2) is 6.17 Å². The summed E-state index contributed by atoms with van der Waals surface area (Å²) in [6, 6.07) is 8.43. The van der Waals surface area contributed by atoms with Crippen LogP contribution in [-0.4, -0.2) is 67.1 Å². The van der Waals surface area contributed by atoms with E-state index in [1.54, 1.807) is 47.4 Å². The monoisotopic (exact) mass is 396 g/mol. The third-order valence-corrected chi connectivity index (χ3v) is 5.91. The third kappa shape index (κ3) is 3.21. The quantitative estimate of drug-likeness (QED) is 0.723. The van der Waals surface area contributed by atoms with Crippen molar-refractivity contribution in [3.63, 3.8) is 0 Å². The summed E-state index contributed by atoms with van der Waals surface area (Å²) >= 11 is 0. The predicted octanol–water partition coefficient (Wildman–Crippen LogP) is 2.24. The Morgan fingerprint density at radius 3 is 2.72 bits per heavy atom. The Balaban J connectivity index is 1.33. The van der Waals surface area contributed by atoms with Crippen molar-refractivity contribution in [2.45, 2.75) is 31.2 Å². The van der Waals surface area contributed by atoms with E-state index in [1.165, 1.54) is 0 Å². The van der Waals surface area contributed by atoms with Gasteiger partial charge in [0.25, 0.3) is 0 Å². The van der Waals surface area contributed by atoms with Gasteiger partial charge in [-0.3, -0.25) is 4.90 Å². The molecule has 150 valence electrons. The fourth-order valence-electron chi connectivity index (χ4n) is 4.40. The van der Waals surface area contributed by atoms with Crippen LogP contribution in [0.3, 0.4) is 0 Å². The van der Waals surface area contributed by atoms with Gasteiger partial charge in [-0.2, -0.15) is 0 Å². The molecule has 0 radical (unpaired) electrons. The normalized spacial score (nSPS) is 26.6. The highest BCUT2D eigenvalue weighted by atomic mass is 19.1. The first-order chi connectivity index (χ1) is 14.1. The lowest BCUT2D eigenvalue weighted by Crippen LogP contribution is -2.61. The highest BCUT2D eigenvalue weighted by Crippen LogP contribution is 2.38. The van der Waals surface area contributed by atoms with Crippen molar-refractivity contribution < 1.29 is 14.2 Å². The SMILES string of the molecule is CN1C[C@H]2CC[C@H]1[C@@H](F)[C@H]2Oc1ccc(-c2ccc(-n3ccnn3)cc2O)nn1. The summed E-state index contributed by atoms with van der Waals surface area (Å²) < 4.78 is 22.2. The number of phenols is 1. The summed E-state index contributed by atoms with van der Waals surface area (Å²) in [6.45, 7) is 0.841. The van der Waals surface area contributed by atoms with Crippen molar-refractivity contribution in [1.29, 1.82) is 0 Å². The number of alkyl halides is 1. The van der Waals surface area contributed by atoms with Crippen LogP contribution in [0.4, 0.5) is 4.39 Å². The molecule has 0 amide bonds. The van der Waals surface area contributed by atoms with Crippen molar-refractivity contribution in [2.24, 2.45) is 5.92 Å². The molecule has 1 aliphatic carbocycles. The highest BCUT2D eigenvalue weighted by Gasteiger charge is 2.48. The molecule has 2 bridgehead atoms. The zero-order valence-corrected chi connectivity index (χ0v) is 15.9. The third-order valence-electron chi connectivity index (χ3n) is 5.91. The lowest BCUT2D eigenvalue weighted by atomic mass is 9.76. The number of hydrogen-bond acceptors (Lipinski definition) is 7. The van der Waals surface area contributed by atoms with Gasteiger partial charge in [0.1, 0.15) is 11.9 Å². The fourth-order valence-corrected chi connectivity index (χ4v) is 4.40. The molecule has 1 aromatic carbocycles. The molecule has 0 spiro atoms. The van der Waals surface area contributed by atoms with Gasteiger partial charge in [-0.1, -0.05) is 5.21 Å². The molecule has 3 aliphatic rings. The summed E-state index contributed by atoms with van der Waals surface area (Å²) in [4.78, 5) is 2.08. The second-order valence-corrected chi connectivity index (χ2v) is 7.68. The Bertz CT molecular complexity index is 995. The van der Waals surface area contributed by atoms with Gasteiger partial charge in [0.2, 0.25) is 5.88 Å². The van der Waals surface area contributed by atoms with Crippen LogP contribution in [0.5, 0.6) is 11.6 Å². The highest BCUT2D eigenvalue weighted by molar-refractivity contribution is 5.68. The van der Waals surface area contributed by atoms with Gasteiger partial charge < -0.3 is 9.84 Å². The Morgan fingerprint density at radius 1 is 1.17 bits per heavy atom. The zero-order valence-electron chi connectivity index (χ0n) is 15.9. The Labute approximate surface area is 166 Å². The van der Waals surface area contributed by atoms with Crippen LogP contribution >= 0.6 is 0 Å². The summed E-state index contributed by atoms with van der Waals surface area (Å²) in [5.74, 6) is 0.516. The molecule has 0 unspecified atom stereocenters. The first-order valence-electron chi connectivity index (χ1n) is 9.65. The number of piperidine rings is 2. The molecule has 3 aromatic rings. The van der Waals surface area contributed by atoms with Gasteiger partial charge in [0, 0.05) is 36.2 Å². The smallest absolute Gasteiger partial charge is 0.233 e. The van der Waals surface area contributed by atoms with E-state index in [0.717, 1.165) is 19.4 Å². The van der Waals surface area contributed by atoms with Crippen molar-refractivity contribution >= 4 is 0 Å². The van der Waals surface area contributed by atoms with Gasteiger partial charge in [-0.15, -0.1) is 15.3 Å². The van der Waals surface area contributed by atoms with E-state index in [9.17, 15) is 9.50 Å². The summed E-state index contributed by atoms with van der Waals surface area (Å²) in [5, 5.41) is 26.3. The number of rotatable bonds is 4. The number of ether oxygens (including phenoxy) is 1. The van der Waals surface area contributed by atoms with Crippen molar-refractivity contribution in [3.8, 4) is 28.6 Å². The lowest BCUT2D eigenvalue weighted by Gasteiger charge is -2.49. The van der Waals surface area contributed by atoms with Gasteiger partial charge >= 0.3 is 0 Å². The lowest BCUT2D eigenvalue weighted by molar-refractivity contribution is -0.0891. The van der Waals surface area contributed by atoms with E-state index in [2.05, 4.69) is 25.4 Å². The van der Waals surface area contributed by atoms with Crippen LogP contribution in [0.25, 0.3) is 16.9 Å². The Kier molecular flexibility index (Phi) is 4.39. The maximum atomic E-state index is 14.8. The van der Waals surface area contributed by atoms with Crippen LogP contribution in [0.2, 0.25) is 0 Å². The number of nitrogens with zero attached hydrogens (tertiary/aromatic N) is 6. The molecule has 1 saturated carbocycles. The molecule has 6 rings (SSSR count). The minimum atomic E-state index is -1.03. The molecule has 4 heterocycles. The first-order valence-corrected chi connectivity index (χ1v) is 9.65. The molecular formula is C20H21FN6O2. The van der Waals surface area contributed by atoms with Crippen LogP contribution in [-0.2, 0) is 0 Å². The summed E-state index contributed by atoms with van der Waals surface area (Å²) in [6.07, 6.45) is 3.58. The summed E-state index contributed by atoms with van der Waals surface area (Å²) in [7, 11) is 1.97. The van der Waals surface area contributed by atoms with Crippen LogP contribution < -0.4 is 4.74 Å². The molecule has 4 atom stereocenters. The van der Waals surface area contributed by atoms with E-state index >= 15 is 0 Å². The van der Waals surface area contributed by atoms with Crippen LogP contribution in [0, 0.1) is 5.92 Å². The maximum Gasteiger partial charge on any atom is 0.233 e. The first kappa shape index (κ1) is 18.0. The van der Waals surface area contributed by atoms with Gasteiger partial charge in [0.05, 0.1) is 23.8 Å². The zero-order chi connectivity index (χ0) is 20.0. The number of fused-ring (bicyclic) bond motifs is 3. The number of hydrogen-bond donors (Lipinski definition) is 1. The van der Waals surface area contributed by atoms with E-state index < -0.39 is 12.3 Å². The number of halogens is 1. The van der Waals surface area contributed by atoms with Crippen LogP contribution in [0.1, 0.15) is 12.8 Å². The average molecular weight is 396 g/mol. The van der Waals surface area contributed by atoms with Crippen molar-refractivity contribution in [2.75, 3.05) is 13.6 Å². The molecule has 8 nitrogen and oxygen atoms in total. The van der Waals surface area contributed by atoms with E-state index in [1.807, 2.05) is 7.05 Å². The molecule has 29 heavy (non-hydrogen) atoms. The molecule has 1 N–H and O–H groups in total. The molecule has 2 aliphatic heterocycles. The molecule has 2 aromatic heterocycles. The predicted molar refractivity (Wildman–Crippen MR) is 103 cm³/mol. The average Bonchev–Trinajstić information content (AvgIpc) is 3.26. The van der Waals surface area contributed by atoms with E-state index in [-0.39, 0.29) is 17.7 Å². The van der Waals surface area contributed by atoms with E-state index in [0.29, 0.717) is 22.8 Å². The standard InChI is InChI=1S/C20H21FN6O2/c1-26-11-12-2-6-16(26)19(21)20(12)29-18-7-5-15(23-24-18)14-4-3-13(10-17(14)28)27-9-8-22-25-27/h3-5,7-10,12,16,19-20,28H,2,6,11H2,1H3/t12-,16+,19-,20+/m1/s1. The van der Waals surface area contributed by atoms with Crippen molar-refractivity contribution in [1.82, 2.24) is 30.1 Å². The Hall–Kier alpha value is -3.07. The summed E-state index contributed by atoms with van der Waals surface area (Å²) in [5.41, 5.74) is 1.72. The molecular weight excluding hydrogens is 375 g/mol. The molecule has 2 saturated heterocycles. The van der Waals surface area contributed by atoms with E-state index in [4.69, 9.17) is 4.74 Å². The largest absolute Gasteiger partial charge is 0.507 e. The fraction of sp³-hybridized carbons (Fsp3) is 0.400. The second kappa shape index (κ2) is 7.07. The number of aromatic hydroxyl groups is 1. The minimum absolute atomic E-state index is 0.0532.